The van der Waals surface area contributed by atoms with E-state index in [1.807, 2.05) is 109 Å². The number of alkyl halides is 6. The fourth-order valence-electron chi connectivity index (χ4n) is 12.0. The average molecular weight is 810 g/mol. The molecular weight excluding hydrogens is 784 g/mol. The predicted molar refractivity (Wildman–Crippen MR) is 242 cm³/mol. The van der Waals surface area contributed by atoms with Gasteiger partial charge in [0.25, 0.3) is 0 Å². The zero-order valence-electron chi connectivity index (χ0n) is 32.4. The molecule has 0 amide bonds. The maximum atomic E-state index is 15.0. The first-order chi connectivity index (χ1) is 30.0. The molecule has 0 unspecified atom stereocenters. The maximum Gasteiger partial charge on any atom is 0.416 e. The highest BCUT2D eigenvalue weighted by Crippen LogP contribution is 2.52. The first-order valence-electron chi connectivity index (χ1n) is 20.7. The van der Waals surface area contributed by atoms with E-state index in [1.165, 1.54) is 24.3 Å². The van der Waals surface area contributed by atoms with Gasteiger partial charge in [-0.2, -0.15) is 26.3 Å². The van der Waals surface area contributed by atoms with E-state index >= 15 is 0 Å². The second-order valence-electron chi connectivity index (χ2n) is 17.2. The van der Waals surface area contributed by atoms with Crippen LogP contribution in [0.4, 0.5) is 26.3 Å². The molecule has 0 aliphatic carbocycles. The minimum atomic E-state index is -4.59. The molecule has 8 heteroatoms. The van der Waals surface area contributed by atoms with E-state index < -0.39 is 23.5 Å². The molecule has 0 atom stereocenters. The molecule has 10 aromatic carbocycles. The van der Waals surface area contributed by atoms with Crippen LogP contribution in [0.25, 0.3) is 99.1 Å². The van der Waals surface area contributed by atoms with Crippen molar-refractivity contribution in [2.24, 2.45) is 0 Å². The second-order valence-corrected chi connectivity index (χ2v) is 17.2. The van der Waals surface area contributed by atoms with Gasteiger partial charge in [0.1, 0.15) is 0 Å². The topological polar surface area (TPSA) is 0 Å². The van der Waals surface area contributed by atoms with Crippen LogP contribution in [0.15, 0.2) is 158 Å². The highest BCUT2D eigenvalue weighted by molar-refractivity contribution is 7.03. The van der Waals surface area contributed by atoms with Gasteiger partial charge in [0.2, 0.25) is 13.4 Å². The minimum Gasteiger partial charge on any atom is -0.166 e. The summed E-state index contributed by atoms with van der Waals surface area (Å²) < 4.78 is 90.0. The van der Waals surface area contributed by atoms with Crippen molar-refractivity contribution < 1.29 is 26.3 Å². The highest BCUT2D eigenvalue weighted by Gasteiger charge is 2.47. The highest BCUT2D eigenvalue weighted by atomic mass is 19.4. The van der Waals surface area contributed by atoms with Crippen LogP contribution in [0, 0.1) is 0 Å². The fraction of sp³-hybridized carbons (Fsp3) is 0.0370. The Bertz CT molecular complexity index is 3420. The van der Waals surface area contributed by atoms with Gasteiger partial charge < -0.3 is 0 Å². The summed E-state index contributed by atoms with van der Waals surface area (Å²) in [6.45, 7) is -0.676. The predicted octanol–water partition coefficient (Wildman–Crippen LogP) is 10.9. The van der Waals surface area contributed by atoms with Crippen molar-refractivity contribution >= 4 is 78.5 Å². The molecule has 0 nitrogen and oxygen atoms in total. The van der Waals surface area contributed by atoms with Gasteiger partial charge in [-0.15, -0.1) is 0 Å². The Hall–Kier alpha value is -7.05. The Balaban J connectivity index is 1.25. The lowest BCUT2D eigenvalue weighted by molar-refractivity contribution is -0.138. The molecule has 0 fully saturated rings. The lowest BCUT2D eigenvalue weighted by Crippen LogP contribution is -2.53. The van der Waals surface area contributed by atoms with E-state index in [1.54, 1.807) is 0 Å². The number of benzene rings is 10. The second kappa shape index (κ2) is 11.4. The van der Waals surface area contributed by atoms with E-state index in [0.717, 1.165) is 110 Å². The van der Waals surface area contributed by atoms with Gasteiger partial charge in [-0.05, 0) is 135 Å². The number of hydrogen-bond acceptors (Lipinski definition) is 0. The van der Waals surface area contributed by atoms with Crippen molar-refractivity contribution in [1.82, 2.24) is 0 Å². The number of halogens is 6. The Morgan fingerprint density at radius 3 is 1.03 bits per heavy atom. The third kappa shape index (κ3) is 4.27. The standard InChI is InChI=1S/C54H26B2F6/c57-53(58,59)29-19-39-31-15-8-10-18-44(31)56-46-26-38-34(28-13-5-2-6-14-28)24-36-42-22-30(54(60,61)62)20-40-32-16-7-9-17-43(32)55(52(40)42)45-25-37-33(27-11-3-1-4-12-27)23-35(41(21-29)51(39)56)47(46)49(37)50(38)48(36)45/h1-26H. The summed E-state index contributed by atoms with van der Waals surface area (Å²) in [5.74, 6) is 0. The summed E-state index contributed by atoms with van der Waals surface area (Å²) in [6, 6.07) is 49.6. The van der Waals surface area contributed by atoms with Crippen molar-refractivity contribution in [2.75, 3.05) is 0 Å². The summed E-state index contributed by atoms with van der Waals surface area (Å²) in [6.07, 6.45) is -9.18. The lowest BCUT2D eigenvalue weighted by Gasteiger charge is -2.33. The van der Waals surface area contributed by atoms with Crippen LogP contribution in [0.5, 0.6) is 0 Å². The lowest BCUT2D eigenvalue weighted by atomic mass is 9.34. The van der Waals surface area contributed by atoms with E-state index in [4.69, 9.17) is 0 Å². The summed E-state index contributed by atoms with van der Waals surface area (Å²) in [4.78, 5) is 0. The van der Waals surface area contributed by atoms with Gasteiger partial charge in [0, 0.05) is 0 Å². The Kier molecular flexibility index (Phi) is 6.40. The molecular formula is C54H26B2F6. The van der Waals surface area contributed by atoms with E-state index in [0.29, 0.717) is 22.3 Å². The summed E-state index contributed by atoms with van der Waals surface area (Å²) in [5, 5.41) is 5.53. The SMILES string of the molecule is FC(F)(F)c1cc2c3c(c1)-c1cc(-c4ccccc4)c4cc5c6c(cc(-c7ccccc7)c7cc(c1c4c76)B3c1ccccc1-2)-c1cc(C(F)(F)F)cc2c1B5c1ccccc1-2. The van der Waals surface area contributed by atoms with Crippen LogP contribution >= 0.6 is 0 Å². The van der Waals surface area contributed by atoms with Crippen molar-refractivity contribution in [2.45, 2.75) is 12.4 Å². The molecule has 10 aromatic rings. The van der Waals surface area contributed by atoms with Crippen LogP contribution in [-0.4, -0.2) is 13.4 Å². The molecule has 62 heavy (non-hydrogen) atoms. The van der Waals surface area contributed by atoms with Crippen LogP contribution in [0.1, 0.15) is 11.1 Å². The van der Waals surface area contributed by atoms with Crippen molar-refractivity contribution in [3.63, 3.8) is 0 Å². The molecule has 0 spiro atoms. The first kappa shape index (κ1) is 34.6. The van der Waals surface area contributed by atoms with Gasteiger partial charge in [0.15, 0.2) is 0 Å². The van der Waals surface area contributed by atoms with Crippen molar-refractivity contribution in [1.29, 1.82) is 0 Å². The normalized spacial score (nSPS) is 13.9. The molecule has 0 saturated heterocycles. The Morgan fingerprint density at radius 1 is 0.290 bits per heavy atom. The molecule has 0 N–H and O–H groups in total. The van der Waals surface area contributed by atoms with Crippen LogP contribution in [0.3, 0.4) is 0 Å². The van der Waals surface area contributed by atoms with Gasteiger partial charge in [0.05, 0.1) is 11.1 Å². The Labute approximate surface area is 351 Å². The van der Waals surface area contributed by atoms with E-state index in [-0.39, 0.29) is 13.4 Å². The number of rotatable bonds is 2. The number of fused-ring (bicyclic) bond motifs is 10. The molecule has 290 valence electrons. The summed E-state index contributed by atoms with van der Waals surface area (Å²) in [5.41, 5.74) is 13.3. The molecule has 14 rings (SSSR count). The molecule has 0 bridgehead atoms. The zero-order chi connectivity index (χ0) is 41.6. The van der Waals surface area contributed by atoms with Gasteiger partial charge in [-0.25, -0.2) is 0 Å². The first-order valence-corrected chi connectivity index (χ1v) is 20.7. The quantitative estimate of drug-likeness (QED) is 0.0927. The fourth-order valence-corrected chi connectivity index (χ4v) is 12.0. The van der Waals surface area contributed by atoms with Gasteiger partial charge in [-0.1, -0.05) is 154 Å². The van der Waals surface area contributed by atoms with Gasteiger partial charge in [-0.3, -0.25) is 0 Å². The smallest absolute Gasteiger partial charge is 0.166 e. The zero-order valence-corrected chi connectivity index (χ0v) is 32.4. The Morgan fingerprint density at radius 2 is 0.645 bits per heavy atom. The average Bonchev–Trinajstić information content (AvgIpc) is 3.80. The van der Waals surface area contributed by atoms with Crippen LogP contribution in [-0.2, 0) is 12.4 Å². The monoisotopic (exact) mass is 810 g/mol. The molecule has 0 aromatic heterocycles. The number of hydrogen-bond donors (Lipinski definition) is 0. The molecule has 0 radical (unpaired) electrons. The molecule has 4 aliphatic heterocycles. The van der Waals surface area contributed by atoms with E-state index in [2.05, 4.69) is 24.3 Å². The van der Waals surface area contributed by atoms with Crippen LogP contribution < -0.4 is 32.8 Å². The van der Waals surface area contributed by atoms with Crippen molar-refractivity contribution in [3.8, 4) is 66.8 Å². The third-order valence-electron chi connectivity index (χ3n) is 14.2. The van der Waals surface area contributed by atoms with Gasteiger partial charge >= 0.3 is 12.4 Å². The minimum absolute atomic E-state index is 0.338. The van der Waals surface area contributed by atoms with Crippen LogP contribution in [0.2, 0.25) is 0 Å². The molecule has 0 saturated carbocycles. The van der Waals surface area contributed by atoms with E-state index in [9.17, 15) is 26.3 Å². The summed E-state index contributed by atoms with van der Waals surface area (Å²) >= 11 is 0. The molecule has 4 aliphatic rings. The van der Waals surface area contributed by atoms with Crippen molar-refractivity contribution in [3.05, 3.63) is 169 Å². The largest absolute Gasteiger partial charge is 0.416 e. The maximum absolute atomic E-state index is 15.0. The third-order valence-corrected chi connectivity index (χ3v) is 14.2. The molecule has 4 heterocycles. The summed E-state index contributed by atoms with van der Waals surface area (Å²) in [7, 11) is 0.